The van der Waals surface area contributed by atoms with Crippen LogP contribution in [0.4, 0.5) is 10.1 Å². The Labute approximate surface area is 114 Å². The van der Waals surface area contributed by atoms with Gasteiger partial charge in [0, 0.05) is 30.9 Å². The Kier molecular flexibility index (Phi) is 4.77. The predicted molar refractivity (Wildman–Crippen MR) is 73.9 cm³/mol. The van der Waals surface area contributed by atoms with E-state index in [1.807, 2.05) is 6.92 Å². The lowest BCUT2D eigenvalue weighted by molar-refractivity contribution is 0.0525. The lowest BCUT2D eigenvalue weighted by Gasteiger charge is -2.35. The number of benzene rings is 1. The molecule has 0 saturated carbocycles. The molecule has 1 aliphatic heterocycles. The molecule has 1 aliphatic rings. The van der Waals surface area contributed by atoms with Gasteiger partial charge in [0.05, 0.1) is 12.2 Å². The summed E-state index contributed by atoms with van der Waals surface area (Å²) >= 11 is 0. The number of nitrogens with zero attached hydrogens (tertiary/aromatic N) is 1. The molecule has 0 spiro atoms. The summed E-state index contributed by atoms with van der Waals surface area (Å²) in [6.07, 6.45) is 1.68. The first-order valence-electron chi connectivity index (χ1n) is 6.96. The highest BCUT2D eigenvalue weighted by Gasteiger charge is 2.23. The summed E-state index contributed by atoms with van der Waals surface area (Å²) in [5.41, 5.74) is 1.57. The molecule has 0 radical (unpaired) electrons. The molecule has 1 saturated heterocycles. The van der Waals surface area contributed by atoms with Gasteiger partial charge in [-0.25, -0.2) is 4.39 Å². The zero-order valence-corrected chi connectivity index (χ0v) is 11.6. The quantitative estimate of drug-likeness (QED) is 0.910. The minimum Gasteiger partial charge on any atom is -0.389 e. The summed E-state index contributed by atoms with van der Waals surface area (Å²) in [6.45, 7) is 6.11. The third kappa shape index (κ3) is 3.45. The van der Waals surface area contributed by atoms with Gasteiger partial charge >= 0.3 is 0 Å². The molecular weight excluding hydrogens is 245 g/mol. The number of hydrogen-bond donors (Lipinski definition) is 1. The van der Waals surface area contributed by atoms with E-state index in [1.165, 1.54) is 12.1 Å². The molecule has 2 atom stereocenters. The molecule has 1 unspecified atom stereocenters. The highest BCUT2D eigenvalue weighted by Crippen LogP contribution is 2.30. The lowest BCUT2D eigenvalue weighted by Crippen LogP contribution is -2.40. The summed E-state index contributed by atoms with van der Waals surface area (Å²) in [5.74, 6) is -0.307. The zero-order chi connectivity index (χ0) is 13.8. The largest absolute Gasteiger partial charge is 0.389 e. The molecule has 106 valence electrons. The highest BCUT2D eigenvalue weighted by molar-refractivity contribution is 5.55. The molecule has 1 aromatic rings. The van der Waals surface area contributed by atoms with Crippen LogP contribution >= 0.6 is 0 Å². The van der Waals surface area contributed by atoms with Crippen molar-refractivity contribution < 1.29 is 14.2 Å². The van der Waals surface area contributed by atoms with Gasteiger partial charge in [-0.05, 0) is 44.9 Å². The maximum Gasteiger partial charge on any atom is 0.123 e. The van der Waals surface area contributed by atoms with Crippen LogP contribution in [0.15, 0.2) is 18.2 Å². The zero-order valence-electron chi connectivity index (χ0n) is 11.6. The number of aliphatic hydroxyl groups is 1. The fourth-order valence-corrected chi connectivity index (χ4v) is 2.68. The van der Waals surface area contributed by atoms with Crippen LogP contribution < -0.4 is 4.90 Å². The number of anilines is 1. The van der Waals surface area contributed by atoms with Gasteiger partial charge in [-0.15, -0.1) is 0 Å². The second kappa shape index (κ2) is 6.35. The average Bonchev–Trinajstić information content (AvgIpc) is 2.39. The Morgan fingerprint density at radius 3 is 3.00 bits per heavy atom. The summed E-state index contributed by atoms with van der Waals surface area (Å²) in [5, 5.41) is 9.80. The van der Waals surface area contributed by atoms with Crippen LogP contribution in [0.3, 0.4) is 0 Å². The molecular formula is C15H22FNO2. The van der Waals surface area contributed by atoms with Crippen LogP contribution in [0.2, 0.25) is 0 Å². The smallest absolute Gasteiger partial charge is 0.123 e. The van der Waals surface area contributed by atoms with Gasteiger partial charge < -0.3 is 14.7 Å². The van der Waals surface area contributed by atoms with Crippen LogP contribution in [0.25, 0.3) is 0 Å². The van der Waals surface area contributed by atoms with Gasteiger partial charge in [-0.2, -0.15) is 0 Å². The van der Waals surface area contributed by atoms with E-state index < -0.39 is 6.10 Å². The first-order valence-corrected chi connectivity index (χ1v) is 6.96. The Morgan fingerprint density at radius 1 is 1.53 bits per heavy atom. The molecule has 1 aromatic carbocycles. The fourth-order valence-electron chi connectivity index (χ4n) is 2.68. The summed E-state index contributed by atoms with van der Waals surface area (Å²) in [7, 11) is 0. The predicted octanol–water partition coefficient (Wildman–Crippen LogP) is 2.88. The van der Waals surface area contributed by atoms with Crippen molar-refractivity contribution in [1.82, 2.24) is 0 Å². The van der Waals surface area contributed by atoms with E-state index >= 15 is 0 Å². The summed E-state index contributed by atoms with van der Waals surface area (Å²) in [6, 6.07) is 4.63. The summed E-state index contributed by atoms with van der Waals surface area (Å²) in [4.78, 5) is 2.19. The summed E-state index contributed by atoms with van der Waals surface area (Å²) < 4.78 is 19.0. The van der Waals surface area contributed by atoms with Crippen molar-refractivity contribution in [3.63, 3.8) is 0 Å². The van der Waals surface area contributed by atoms with E-state index in [4.69, 9.17) is 4.74 Å². The highest BCUT2D eigenvalue weighted by atomic mass is 19.1. The van der Waals surface area contributed by atoms with Crippen molar-refractivity contribution in [2.75, 3.05) is 24.6 Å². The van der Waals surface area contributed by atoms with Crippen molar-refractivity contribution in [2.45, 2.75) is 38.9 Å². The van der Waals surface area contributed by atoms with E-state index in [9.17, 15) is 9.50 Å². The Balaban J connectivity index is 2.20. The van der Waals surface area contributed by atoms with Crippen molar-refractivity contribution in [1.29, 1.82) is 0 Å². The van der Waals surface area contributed by atoms with Gasteiger partial charge in [0.15, 0.2) is 0 Å². The minimum atomic E-state index is -0.668. The van der Waals surface area contributed by atoms with E-state index in [-0.39, 0.29) is 11.9 Å². The van der Waals surface area contributed by atoms with Crippen LogP contribution in [-0.2, 0) is 4.74 Å². The standard InChI is InChI=1S/C15H22FNO2/c1-3-19-13-5-4-8-17(10-13)15-7-6-12(16)9-14(15)11(2)18/h6-7,9,11,13,18H,3-5,8,10H2,1-2H3/t11-,13?/m1/s1. The van der Waals surface area contributed by atoms with Gasteiger partial charge in [0.25, 0.3) is 0 Å². The van der Waals surface area contributed by atoms with Crippen molar-refractivity contribution >= 4 is 5.69 Å². The first kappa shape index (κ1) is 14.3. The maximum atomic E-state index is 13.3. The van der Waals surface area contributed by atoms with Crippen molar-refractivity contribution in [2.24, 2.45) is 0 Å². The number of piperidine rings is 1. The molecule has 0 amide bonds. The number of rotatable bonds is 4. The average molecular weight is 267 g/mol. The fraction of sp³-hybridized carbons (Fsp3) is 0.600. The van der Waals surface area contributed by atoms with E-state index in [2.05, 4.69) is 4.90 Å². The third-order valence-electron chi connectivity index (χ3n) is 3.56. The number of aliphatic hydroxyl groups excluding tert-OH is 1. The van der Waals surface area contributed by atoms with Gasteiger partial charge in [-0.3, -0.25) is 0 Å². The molecule has 1 fully saturated rings. The second-order valence-electron chi connectivity index (χ2n) is 5.04. The molecule has 19 heavy (non-hydrogen) atoms. The molecule has 0 aliphatic carbocycles. The van der Waals surface area contributed by atoms with E-state index in [1.54, 1.807) is 13.0 Å². The normalized spacial score (nSPS) is 21.5. The van der Waals surface area contributed by atoms with E-state index in [0.717, 1.165) is 31.6 Å². The number of ether oxygens (including phenoxy) is 1. The van der Waals surface area contributed by atoms with Crippen LogP contribution in [-0.4, -0.2) is 30.9 Å². The van der Waals surface area contributed by atoms with Crippen LogP contribution in [0.1, 0.15) is 38.4 Å². The Bertz CT molecular complexity index is 421. The molecule has 2 rings (SSSR count). The lowest BCUT2D eigenvalue weighted by atomic mass is 10.0. The van der Waals surface area contributed by atoms with Crippen LogP contribution in [0.5, 0.6) is 0 Å². The van der Waals surface area contributed by atoms with Crippen LogP contribution in [0, 0.1) is 5.82 Å². The minimum absolute atomic E-state index is 0.227. The number of hydrogen-bond acceptors (Lipinski definition) is 3. The van der Waals surface area contributed by atoms with Crippen molar-refractivity contribution in [3.8, 4) is 0 Å². The topological polar surface area (TPSA) is 32.7 Å². The van der Waals surface area contributed by atoms with Crippen molar-refractivity contribution in [3.05, 3.63) is 29.6 Å². The molecule has 3 nitrogen and oxygen atoms in total. The Hall–Kier alpha value is -1.13. The van der Waals surface area contributed by atoms with E-state index in [0.29, 0.717) is 12.2 Å². The monoisotopic (exact) mass is 267 g/mol. The molecule has 0 aromatic heterocycles. The first-order chi connectivity index (χ1) is 9.11. The van der Waals surface area contributed by atoms with Gasteiger partial charge in [0.1, 0.15) is 5.82 Å². The SMILES string of the molecule is CCOC1CCCN(c2ccc(F)cc2[C@@H](C)O)C1. The molecule has 4 heteroatoms. The second-order valence-corrected chi connectivity index (χ2v) is 5.04. The molecule has 0 bridgehead atoms. The number of halogens is 1. The molecule has 1 N–H and O–H groups in total. The molecule has 1 heterocycles. The maximum absolute atomic E-state index is 13.3. The van der Waals surface area contributed by atoms with Gasteiger partial charge in [0.2, 0.25) is 0 Å². The van der Waals surface area contributed by atoms with Gasteiger partial charge in [-0.1, -0.05) is 0 Å². The Morgan fingerprint density at radius 2 is 2.32 bits per heavy atom. The third-order valence-corrected chi connectivity index (χ3v) is 3.56.